The number of hydrogen-bond acceptors (Lipinski definition) is 9. The Morgan fingerprint density at radius 3 is 2.57 bits per heavy atom. The molecule has 2 amide bonds. The number of halogens is 1. The average Bonchev–Trinajstić information content (AvgIpc) is 3.37. The molecule has 37 heavy (non-hydrogen) atoms. The Balaban J connectivity index is 1.59. The number of nitrogens with zero attached hydrogens (tertiary/aromatic N) is 1. The first-order chi connectivity index (χ1) is 17.8. The van der Waals surface area contributed by atoms with Crippen LogP contribution < -0.4 is 19.2 Å². The van der Waals surface area contributed by atoms with Crippen LogP contribution in [0.1, 0.15) is 23.3 Å². The predicted octanol–water partition coefficient (Wildman–Crippen LogP) is 3.95. The number of H-pyrrole nitrogens is 1. The Hall–Kier alpha value is -3.09. The van der Waals surface area contributed by atoms with Gasteiger partial charge in [-0.3, -0.25) is 14.4 Å². The predicted molar refractivity (Wildman–Crippen MR) is 142 cm³/mol. The van der Waals surface area contributed by atoms with Gasteiger partial charge in [-0.1, -0.05) is 39.0 Å². The number of nitrogens with one attached hydrogen (secondary N) is 1. The maximum absolute atomic E-state index is 13.9. The van der Waals surface area contributed by atoms with E-state index in [1.165, 1.54) is 23.8 Å². The summed E-state index contributed by atoms with van der Waals surface area (Å²) in [6.07, 6.45) is 0. The lowest BCUT2D eigenvalue weighted by atomic mass is 9.82. The van der Waals surface area contributed by atoms with E-state index in [0.717, 1.165) is 11.3 Å². The summed E-state index contributed by atoms with van der Waals surface area (Å²) in [5.74, 6) is -1.75. The highest BCUT2D eigenvalue weighted by molar-refractivity contribution is 9.10. The number of methoxy groups -OCH3 is 1. The topological polar surface area (TPSA) is 115 Å². The number of imide groups is 1. The van der Waals surface area contributed by atoms with Crippen LogP contribution in [-0.4, -0.2) is 48.3 Å². The molecule has 3 aromatic rings. The molecule has 2 aromatic carbocycles. The lowest BCUT2D eigenvalue weighted by molar-refractivity contribution is -0.145. The zero-order valence-corrected chi connectivity index (χ0v) is 22.9. The van der Waals surface area contributed by atoms with Gasteiger partial charge in [-0.05, 0) is 49.4 Å². The highest BCUT2D eigenvalue weighted by Crippen LogP contribution is 2.54. The first-order valence-electron chi connectivity index (χ1n) is 11.3. The van der Waals surface area contributed by atoms with Gasteiger partial charge in [0.25, 0.3) is 0 Å². The summed E-state index contributed by atoms with van der Waals surface area (Å²) in [5, 5.41) is -0.204. The third-order valence-electron chi connectivity index (χ3n) is 6.11. The van der Waals surface area contributed by atoms with Gasteiger partial charge in [-0.15, -0.1) is 0 Å². The van der Waals surface area contributed by atoms with Crippen LogP contribution in [0.4, 0.5) is 5.69 Å². The number of carbonyl (C=O) groups excluding carboxylic acids is 3. The summed E-state index contributed by atoms with van der Waals surface area (Å²) in [7, 11) is 1.54. The number of esters is 1. The molecule has 3 atom stereocenters. The Bertz CT molecular complexity index is 1440. The van der Waals surface area contributed by atoms with Gasteiger partial charge in [0.1, 0.15) is 16.7 Å². The molecule has 3 heterocycles. The number of carbonyl (C=O) groups is 3. The second kappa shape index (κ2) is 10.3. The standard InChI is InChI=1S/C25H21BrN2O7S2/c1-3-34-17(29)11-35-16-9-4-12(26)10-15(16)18-19-21(36-22-20(18)37-25(32)27-22)24(31)28(23(19)30)13-5-7-14(33-2)8-6-13/h4-10,18-19,21H,3,11H2,1-2H3,(H,27,32). The van der Waals surface area contributed by atoms with Gasteiger partial charge in [0.15, 0.2) is 6.61 Å². The van der Waals surface area contributed by atoms with Crippen molar-refractivity contribution in [1.82, 2.24) is 4.98 Å². The highest BCUT2D eigenvalue weighted by atomic mass is 79.9. The van der Waals surface area contributed by atoms with E-state index >= 15 is 0 Å². The molecule has 1 N–H and O–H groups in total. The summed E-state index contributed by atoms with van der Waals surface area (Å²) in [6.45, 7) is 1.60. The number of anilines is 1. The summed E-state index contributed by atoms with van der Waals surface area (Å²) in [6, 6.07) is 11.9. The van der Waals surface area contributed by atoms with Crippen molar-refractivity contribution in [2.24, 2.45) is 5.92 Å². The fraction of sp³-hybridized carbons (Fsp3) is 0.280. The smallest absolute Gasteiger partial charge is 0.344 e. The van der Waals surface area contributed by atoms with Gasteiger partial charge in [0.05, 0.1) is 30.3 Å². The number of benzene rings is 2. The number of fused-ring (bicyclic) bond motifs is 2. The average molecular weight is 605 g/mol. The number of thiazole rings is 1. The molecular formula is C25H21BrN2O7S2. The van der Waals surface area contributed by atoms with Crippen molar-refractivity contribution in [2.75, 3.05) is 25.2 Å². The molecule has 0 radical (unpaired) electrons. The molecule has 1 saturated heterocycles. The normalized spacial score (nSPS) is 20.4. The van der Waals surface area contributed by atoms with Crippen LogP contribution in [0.15, 0.2) is 56.8 Å². The minimum atomic E-state index is -0.794. The number of hydrogen-bond donors (Lipinski definition) is 1. The number of amides is 2. The van der Waals surface area contributed by atoms with E-state index in [1.54, 1.807) is 49.4 Å². The monoisotopic (exact) mass is 604 g/mol. The van der Waals surface area contributed by atoms with Gasteiger partial charge >= 0.3 is 10.8 Å². The van der Waals surface area contributed by atoms with Crippen molar-refractivity contribution >= 4 is 62.5 Å². The second-order valence-electron chi connectivity index (χ2n) is 8.24. The van der Waals surface area contributed by atoms with E-state index in [4.69, 9.17) is 14.2 Å². The van der Waals surface area contributed by atoms with Crippen molar-refractivity contribution in [3.05, 3.63) is 67.0 Å². The van der Waals surface area contributed by atoms with E-state index < -0.39 is 23.1 Å². The second-order valence-corrected chi connectivity index (χ2v) is 11.3. The Labute approximate surface area is 228 Å². The van der Waals surface area contributed by atoms with Crippen LogP contribution in [0.5, 0.6) is 11.5 Å². The van der Waals surface area contributed by atoms with Crippen molar-refractivity contribution < 1.29 is 28.6 Å². The van der Waals surface area contributed by atoms with E-state index in [0.29, 0.717) is 37.1 Å². The van der Waals surface area contributed by atoms with Crippen LogP contribution in [0.25, 0.3) is 0 Å². The molecular weight excluding hydrogens is 584 g/mol. The number of aromatic amines is 1. The molecule has 192 valence electrons. The molecule has 0 aliphatic carbocycles. The molecule has 1 fully saturated rings. The van der Waals surface area contributed by atoms with E-state index in [9.17, 15) is 19.2 Å². The summed E-state index contributed by atoms with van der Waals surface area (Å²) in [4.78, 5) is 56.2. The number of rotatable bonds is 7. The maximum atomic E-state index is 13.9. The van der Waals surface area contributed by atoms with Crippen LogP contribution in [0.3, 0.4) is 0 Å². The van der Waals surface area contributed by atoms with Crippen LogP contribution in [-0.2, 0) is 19.1 Å². The molecule has 2 aliphatic heterocycles. The fourth-order valence-corrected chi connectivity index (χ4v) is 7.46. The number of aromatic nitrogens is 1. The maximum Gasteiger partial charge on any atom is 0.344 e. The molecule has 0 bridgehead atoms. The van der Waals surface area contributed by atoms with Gasteiger partial charge in [-0.25, -0.2) is 9.69 Å². The van der Waals surface area contributed by atoms with Crippen LogP contribution in [0, 0.1) is 5.92 Å². The van der Waals surface area contributed by atoms with Gasteiger partial charge < -0.3 is 19.2 Å². The van der Waals surface area contributed by atoms with Gasteiger partial charge in [0, 0.05) is 20.8 Å². The summed E-state index contributed by atoms with van der Waals surface area (Å²) in [5.41, 5.74) is 1.03. The molecule has 12 heteroatoms. The molecule has 0 spiro atoms. The van der Waals surface area contributed by atoms with Gasteiger partial charge in [0.2, 0.25) is 11.8 Å². The minimum Gasteiger partial charge on any atom is -0.497 e. The molecule has 2 aliphatic rings. The van der Waals surface area contributed by atoms with Crippen molar-refractivity contribution in [3.8, 4) is 11.5 Å². The van der Waals surface area contributed by atoms with Crippen molar-refractivity contribution in [2.45, 2.75) is 23.1 Å². The number of ether oxygens (including phenoxy) is 3. The summed E-state index contributed by atoms with van der Waals surface area (Å²) < 4.78 is 16.7. The molecule has 0 saturated carbocycles. The third kappa shape index (κ3) is 4.69. The number of thioether (sulfide) groups is 1. The summed E-state index contributed by atoms with van der Waals surface area (Å²) >= 11 is 5.67. The van der Waals surface area contributed by atoms with Crippen LogP contribution in [0.2, 0.25) is 0 Å². The highest BCUT2D eigenvalue weighted by Gasteiger charge is 2.56. The van der Waals surface area contributed by atoms with E-state index in [2.05, 4.69) is 20.9 Å². The largest absolute Gasteiger partial charge is 0.497 e. The molecule has 9 nitrogen and oxygen atoms in total. The zero-order chi connectivity index (χ0) is 26.3. The molecule has 5 rings (SSSR count). The quantitative estimate of drug-likeness (QED) is 0.318. The Kier molecular flexibility index (Phi) is 7.15. The lowest BCUT2D eigenvalue weighted by Crippen LogP contribution is -2.32. The third-order valence-corrected chi connectivity index (χ3v) is 9.01. The first kappa shape index (κ1) is 25.6. The minimum absolute atomic E-state index is 0.220. The first-order valence-corrected chi connectivity index (χ1v) is 13.8. The zero-order valence-electron chi connectivity index (χ0n) is 19.7. The lowest BCUT2D eigenvalue weighted by Gasteiger charge is -2.31. The van der Waals surface area contributed by atoms with Gasteiger partial charge in [-0.2, -0.15) is 0 Å². The molecule has 1 aromatic heterocycles. The fourth-order valence-electron chi connectivity index (χ4n) is 4.57. The Morgan fingerprint density at radius 1 is 1.11 bits per heavy atom. The van der Waals surface area contributed by atoms with Crippen molar-refractivity contribution in [1.29, 1.82) is 0 Å². The Morgan fingerprint density at radius 2 is 1.86 bits per heavy atom. The SMILES string of the molecule is CCOC(=O)COc1ccc(Br)cc1C1c2sc(=O)[nH]c2SC2C(=O)N(c3ccc(OC)cc3)C(=O)C21. The van der Waals surface area contributed by atoms with Crippen LogP contribution >= 0.6 is 39.0 Å². The molecule has 3 unspecified atom stereocenters. The van der Waals surface area contributed by atoms with E-state index in [1.807, 2.05) is 0 Å². The van der Waals surface area contributed by atoms with E-state index in [-0.39, 0.29) is 29.9 Å². The van der Waals surface area contributed by atoms with Crippen molar-refractivity contribution in [3.63, 3.8) is 0 Å².